The van der Waals surface area contributed by atoms with Gasteiger partial charge in [0.05, 0.1) is 5.02 Å². The Bertz CT molecular complexity index is 596. The van der Waals surface area contributed by atoms with Crippen molar-refractivity contribution >= 4 is 22.6 Å². The van der Waals surface area contributed by atoms with Crippen LogP contribution in [-0.2, 0) is 5.41 Å². The Kier molecular flexibility index (Phi) is 2.50. The Morgan fingerprint density at radius 2 is 2.06 bits per heavy atom. The fourth-order valence-corrected chi connectivity index (χ4v) is 1.83. The zero-order valence-electron chi connectivity index (χ0n) is 9.47. The van der Waals surface area contributed by atoms with E-state index >= 15 is 0 Å². The van der Waals surface area contributed by atoms with Crippen LogP contribution in [0.15, 0.2) is 23.1 Å². The lowest BCUT2D eigenvalue weighted by molar-refractivity contribution is 0.583. The number of halogens is 1. The molecule has 16 heavy (non-hydrogen) atoms. The molecule has 1 N–H and O–H groups in total. The Labute approximate surface area is 98.5 Å². The number of nitrogens with zero attached hydrogens (tertiary/aromatic N) is 1. The second-order valence-electron chi connectivity index (χ2n) is 4.82. The van der Waals surface area contributed by atoms with Crippen LogP contribution in [0.3, 0.4) is 0 Å². The first-order valence-electron chi connectivity index (χ1n) is 5.07. The average Bonchev–Trinajstić information content (AvgIpc) is 2.15. The molecule has 2 aromatic heterocycles. The van der Waals surface area contributed by atoms with Crippen molar-refractivity contribution in [2.45, 2.75) is 26.2 Å². The molecule has 0 unspecified atom stereocenters. The van der Waals surface area contributed by atoms with E-state index in [4.69, 9.17) is 11.6 Å². The largest absolute Gasteiger partial charge is 0.306 e. The number of rotatable bonds is 0. The van der Waals surface area contributed by atoms with Gasteiger partial charge in [0.1, 0.15) is 5.65 Å². The molecule has 0 saturated heterocycles. The predicted octanol–water partition coefficient (Wildman–Crippen LogP) is 2.87. The number of hydrogen-bond donors (Lipinski definition) is 1. The second kappa shape index (κ2) is 3.59. The maximum atomic E-state index is 11.9. The fourth-order valence-electron chi connectivity index (χ4n) is 1.63. The SMILES string of the molecule is CC(C)(C)c1cc2c(Cl)ccnc2[nH]c1=O. The first kappa shape index (κ1) is 11.1. The summed E-state index contributed by atoms with van der Waals surface area (Å²) in [6.07, 6.45) is 1.58. The van der Waals surface area contributed by atoms with Gasteiger partial charge in [-0.2, -0.15) is 0 Å². The quantitative estimate of drug-likeness (QED) is 0.765. The van der Waals surface area contributed by atoms with Gasteiger partial charge in [-0.1, -0.05) is 32.4 Å². The molecular formula is C12H13ClN2O. The summed E-state index contributed by atoms with van der Waals surface area (Å²) in [6.45, 7) is 5.98. The topological polar surface area (TPSA) is 45.8 Å². The Morgan fingerprint density at radius 3 is 2.69 bits per heavy atom. The maximum Gasteiger partial charge on any atom is 0.253 e. The fraction of sp³-hybridized carbons (Fsp3) is 0.333. The van der Waals surface area contributed by atoms with Crippen LogP contribution in [0, 0.1) is 0 Å². The minimum atomic E-state index is -0.207. The van der Waals surface area contributed by atoms with Gasteiger partial charge in [0.25, 0.3) is 5.56 Å². The number of aromatic amines is 1. The minimum absolute atomic E-state index is 0.102. The van der Waals surface area contributed by atoms with Gasteiger partial charge in [0.15, 0.2) is 0 Å². The van der Waals surface area contributed by atoms with Crippen molar-refractivity contribution in [1.29, 1.82) is 0 Å². The van der Waals surface area contributed by atoms with E-state index < -0.39 is 0 Å². The molecule has 0 radical (unpaired) electrons. The van der Waals surface area contributed by atoms with Crippen LogP contribution < -0.4 is 5.56 Å². The molecule has 84 valence electrons. The lowest BCUT2D eigenvalue weighted by Gasteiger charge is -2.18. The summed E-state index contributed by atoms with van der Waals surface area (Å²) in [5, 5.41) is 1.39. The van der Waals surface area contributed by atoms with E-state index in [0.29, 0.717) is 10.7 Å². The third kappa shape index (κ3) is 1.83. The highest BCUT2D eigenvalue weighted by Crippen LogP contribution is 2.24. The van der Waals surface area contributed by atoms with Crippen molar-refractivity contribution in [2.24, 2.45) is 0 Å². The normalized spacial score (nSPS) is 12.0. The molecule has 3 nitrogen and oxygen atoms in total. The molecule has 0 bridgehead atoms. The molecule has 2 heterocycles. The van der Waals surface area contributed by atoms with E-state index in [-0.39, 0.29) is 11.0 Å². The van der Waals surface area contributed by atoms with E-state index in [1.54, 1.807) is 12.3 Å². The van der Waals surface area contributed by atoms with Gasteiger partial charge in [-0.3, -0.25) is 4.79 Å². The molecule has 0 aromatic carbocycles. The summed E-state index contributed by atoms with van der Waals surface area (Å²) >= 11 is 6.07. The molecule has 0 spiro atoms. The van der Waals surface area contributed by atoms with Crippen molar-refractivity contribution < 1.29 is 0 Å². The first-order chi connectivity index (χ1) is 7.39. The summed E-state index contributed by atoms with van der Waals surface area (Å²) < 4.78 is 0. The summed E-state index contributed by atoms with van der Waals surface area (Å²) in [7, 11) is 0. The molecule has 0 saturated carbocycles. The van der Waals surface area contributed by atoms with Gasteiger partial charge in [0, 0.05) is 17.1 Å². The third-order valence-corrected chi connectivity index (χ3v) is 2.84. The lowest BCUT2D eigenvalue weighted by atomic mass is 9.87. The second-order valence-corrected chi connectivity index (χ2v) is 5.22. The van der Waals surface area contributed by atoms with Gasteiger partial charge in [0.2, 0.25) is 0 Å². The van der Waals surface area contributed by atoms with Crippen molar-refractivity contribution in [3.05, 3.63) is 39.3 Å². The van der Waals surface area contributed by atoms with Gasteiger partial charge in [-0.05, 0) is 17.5 Å². The van der Waals surface area contributed by atoms with Gasteiger partial charge in [-0.15, -0.1) is 0 Å². The Balaban J connectivity index is 2.85. The van der Waals surface area contributed by atoms with Crippen molar-refractivity contribution in [3.63, 3.8) is 0 Å². The highest BCUT2D eigenvalue weighted by molar-refractivity contribution is 6.35. The summed E-state index contributed by atoms with van der Waals surface area (Å²) in [4.78, 5) is 18.7. The number of pyridine rings is 2. The lowest BCUT2D eigenvalue weighted by Crippen LogP contribution is -2.24. The number of hydrogen-bond acceptors (Lipinski definition) is 2. The average molecular weight is 237 g/mol. The molecule has 0 atom stereocenters. The molecule has 0 amide bonds. The van der Waals surface area contributed by atoms with Crippen LogP contribution >= 0.6 is 11.6 Å². The standard InChI is InChI=1S/C12H13ClN2O/c1-12(2,3)8-6-7-9(13)4-5-14-10(7)15-11(8)16/h4-6H,1-3H3,(H,14,15,16). The van der Waals surface area contributed by atoms with Crippen LogP contribution in [0.25, 0.3) is 11.0 Å². The molecule has 2 aromatic rings. The van der Waals surface area contributed by atoms with E-state index in [1.807, 2.05) is 26.8 Å². The molecule has 0 aliphatic carbocycles. The van der Waals surface area contributed by atoms with Crippen LogP contribution in [-0.4, -0.2) is 9.97 Å². The molecule has 4 heteroatoms. The molecule has 0 aliphatic rings. The van der Waals surface area contributed by atoms with Crippen LogP contribution in [0.5, 0.6) is 0 Å². The van der Waals surface area contributed by atoms with E-state index in [1.165, 1.54) is 0 Å². The van der Waals surface area contributed by atoms with E-state index in [2.05, 4.69) is 9.97 Å². The minimum Gasteiger partial charge on any atom is -0.306 e. The molecule has 0 aliphatic heterocycles. The number of H-pyrrole nitrogens is 1. The van der Waals surface area contributed by atoms with Crippen molar-refractivity contribution in [2.75, 3.05) is 0 Å². The van der Waals surface area contributed by atoms with E-state index in [0.717, 1.165) is 10.9 Å². The Morgan fingerprint density at radius 1 is 1.38 bits per heavy atom. The number of aromatic nitrogens is 2. The summed E-state index contributed by atoms with van der Waals surface area (Å²) in [5.41, 5.74) is 0.941. The van der Waals surface area contributed by atoms with Crippen molar-refractivity contribution in [3.8, 4) is 0 Å². The summed E-state index contributed by atoms with van der Waals surface area (Å²) in [5.74, 6) is 0. The molecular weight excluding hydrogens is 224 g/mol. The zero-order valence-corrected chi connectivity index (χ0v) is 10.2. The van der Waals surface area contributed by atoms with Gasteiger partial charge >= 0.3 is 0 Å². The monoisotopic (exact) mass is 236 g/mol. The number of nitrogens with one attached hydrogen (secondary N) is 1. The summed E-state index contributed by atoms with van der Waals surface area (Å²) in [6, 6.07) is 3.54. The van der Waals surface area contributed by atoms with Gasteiger partial charge < -0.3 is 4.98 Å². The number of fused-ring (bicyclic) bond motifs is 1. The molecule has 2 rings (SSSR count). The predicted molar refractivity (Wildman–Crippen MR) is 66.1 cm³/mol. The highest BCUT2D eigenvalue weighted by Gasteiger charge is 2.19. The first-order valence-corrected chi connectivity index (χ1v) is 5.45. The van der Waals surface area contributed by atoms with Crippen LogP contribution in [0.4, 0.5) is 0 Å². The smallest absolute Gasteiger partial charge is 0.253 e. The van der Waals surface area contributed by atoms with Crippen LogP contribution in [0.1, 0.15) is 26.3 Å². The van der Waals surface area contributed by atoms with Crippen molar-refractivity contribution in [1.82, 2.24) is 9.97 Å². The zero-order chi connectivity index (χ0) is 11.9. The highest BCUT2D eigenvalue weighted by atomic mass is 35.5. The third-order valence-electron chi connectivity index (χ3n) is 2.51. The molecule has 0 fully saturated rings. The Hall–Kier alpha value is -1.35. The maximum absolute atomic E-state index is 11.9. The van der Waals surface area contributed by atoms with Gasteiger partial charge in [-0.25, -0.2) is 4.98 Å². The van der Waals surface area contributed by atoms with Crippen LogP contribution in [0.2, 0.25) is 5.02 Å². The van der Waals surface area contributed by atoms with E-state index in [9.17, 15) is 4.79 Å².